The number of hydrogen-bond acceptors (Lipinski definition) is 18. The predicted octanol–water partition coefficient (Wildman–Crippen LogP) is 14.9. The lowest BCUT2D eigenvalue weighted by Gasteiger charge is -2.24. The first-order valence-electron chi connectivity index (χ1n) is 37.5. The van der Waals surface area contributed by atoms with E-state index in [0.29, 0.717) is 0 Å². The number of carboxylic acid groups (broad SMARTS) is 1. The van der Waals surface area contributed by atoms with Crippen molar-refractivity contribution in [2.24, 2.45) is 0 Å². The summed E-state index contributed by atoms with van der Waals surface area (Å²) < 4.78 is 38.3. The molecule has 116 heavy (non-hydrogen) atoms. The molecule has 596 valence electrons. The number of hydroxylamine groups is 2. The van der Waals surface area contributed by atoms with Gasteiger partial charge in [0, 0.05) is 24.8 Å². The van der Waals surface area contributed by atoms with Gasteiger partial charge in [0.1, 0.15) is 51.2 Å². The van der Waals surface area contributed by atoms with E-state index in [1.807, 2.05) is 281 Å². The minimum absolute atomic E-state index is 0.0256. The number of nitrogens with zero attached hydrogens (tertiary/aromatic N) is 1. The van der Waals surface area contributed by atoms with E-state index in [1.165, 1.54) is 26.3 Å². The van der Waals surface area contributed by atoms with E-state index in [4.69, 9.17) is 38.0 Å². The Morgan fingerprint density at radius 3 is 0.871 bits per heavy atom. The van der Waals surface area contributed by atoms with Crippen LogP contribution < -0.4 is 21.3 Å². The van der Waals surface area contributed by atoms with Crippen LogP contribution in [0.4, 0.5) is 14.4 Å². The lowest BCUT2D eigenvalue weighted by Crippen LogP contribution is -2.46. The molecule has 23 heteroatoms. The first-order chi connectivity index (χ1) is 56.4. The minimum atomic E-state index is -1.44. The fraction of sp³-hybridized carbons (Fsp3) is 0.215. The molecular weight excluding hydrogens is 1480 g/mol. The third-order valence-corrected chi connectivity index (χ3v) is 19.1. The molecule has 0 saturated heterocycles. The molecule has 0 heterocycles. The van der Waals surface area contributed by atoms with Gasteiger partial charge in [-0.2, -0.15) is 0 Å². The van der Waals surface area contributed by atoms with Gasteiger partial charge in [0.15, 0.2) is 12.2 Å². The number of alkyl carbamates (subject to hydrolysis) is 3. The molecule has 0 aliphatic heterocycles. The Bertz CT molecular complexity index is 4810. The van der Waals surface area contributed by atoms with Gasteiger partial charge in [0.05, 0.1) is 26.4 Å². The summed E-state index contributed by atoms with van der Waals surface area (Å²) in [6.07, 6.45) is -2.62. The van der Waals surface area contributed by atoms with Crippen molar-refractivity contribution in [3.63, 3.8) is 0 Å². The van der Waals surface area contributed by atoms with Gasteiger partial charge in [0.25, 0.3) is 0 Å². The third-order valence-electron chi connectivity index (χ3n) is 19.1. The van der Waals surface area contributed by atoms with E-state index >= 15 is 0 Å². The summed E-state index contributed by atoms with van der Waals surface area (Å²) in [6, 6.07) is 80.7. The number of aliphatic carboxylic acids is 1. The fourth-order valence-electron chi connectivity index (χ4n) is 13.7. The first kappa shape index (κ1) is 84.7. The van der Waals surface area contributed by atoms with Crippen molar-refractivity contribution in [2.75, 3.05) is 61.3 Å². The largest absolute Gasteiger partial charge is 0.480 e. The molecule has 10 aromatic rings. The SMILES string of the molecule is C=CCOC(=O)CC(NC(=O)OCC1c2ccccc2-c2ccccc21)C(=O)O.C=CCOC(=O)CC(NC(=O)OCC1c2ccccc2-c2ccccc21)C(=O)OC(c1ccccc1)c1ccccc1.CNC.CON(C)C(=O)CC(NC(=O)OCC1c2ccccc2-c2ccccc21)C(=O)OC(c1ccccc1)c1ccccc1. The maximum Gasteiger partial charge on any atom is 0.407 e. The maximum atomic E-state index is 13.6. The Hall–Kier alpha value is -13.8. The average Bonchev–Trinajstić information content (AvgIpc) is 1.63. The summed E-state index contributed by atoms with van der Waals surface area (Å²) in [5, 5.41) is 20.3. The van der Waals surface area contributed by atoms with Gasteiger partial charge < -0.3 is 59.5 Å². The number of rotatable bonds is 29. The Morgan fingerprint density at radius 1 is 0.371 bits per heavy atom. The molecule has 0 saturated carbocycles. The van der Waals surface area contributed by atoms with Crippen LogP contribution in [0.2, 0.25) is 0 Å². The zero-order valence-corrected chi connectivity index (χ0v) is 64.6. The first-order valence-corrected chi connectivity index (χ1v) is 37.5. The topological polar surface area (TPSA) is 299 Å². The standard InChI is InChI=1S/C35H31NO6.C34H32N2O6.C22H21NO6.C2H7N/c1-2-21-40-32(37)22-31(34(38)42-33(24-13-5-3-6-14-24)25-15-7-4-8-16-25)36-35(39)41-23-30-28-19-11-9-17-26(28)27-18-10-12-20-29(27)30;1-36(40-2)31(37)21-30(33(38)42-32(23-13-5-3-6-14-23)24-15-7-4-8-16-24)35-34(39)41-22-29-27-19-11-9-17-25(27)26-18-10-12-20-28(26)29;1-2-11-28-20(24)12-19(21(25)26)23-22(27)29-13-18-16-9-5-3-7-14(16)15-8-4-6-10-17(15)18;1-3-2/h2-20,30-31,33H,1,21-23H2,(H,36,39);3-20,29-30,32H,21-22H2,1-2H3,(H,35,39);2-10,18-19H,1,11-13H2,(H,23,27)(H,25,26);3H,1-2H3. The van der Waals surface area contributed by atoms with E-state index in [2.05, 4.69) is 34.4 Å². The predicted molar refractivity (Wildman–Crippen MR) is 436 cm³/mol. The van der Waals surface area contributed by atoms with Crippen LogP contribution in [0.15, 0.2) is 292 Å². The summed E-state index contributed by atoms with van der Waals surface area (Å²) in [4.78, 5) is 119. The van der Waals surface area contributed by atoms with Crippen molar-refractivity contribution in [3.8, 4) is 33.4 Å². The molecule has 13 rings (SSSR count). The number of nitrogens with one attached hydrogen (secondary N) is 4. The molecule has 0 aromatic heterocycles. The van der Waals surface area contributed by atoms with Gasteiger partial charge in [-0.25, -0.2) is 33.8 Å². The highest BCUT2D eigenvalue weighted by molar-refractivity contribution is 5.90. The Kier molecular flexibility index (Phi) is 31.2. The monoisotopic (exact) mass is 1570 g/mol. The van der Waals surface area contributed by atoms with Gasteiger partial charge in [-0.05, 0) is 103 Å². The van der Waals surface area contributed by atoms with Crippen LogP contribution >= 0.6 is 0 Å². The van der Waals surface area contributed by atoms with E-state index in [0.717, 1.165) is 94.1 Å². The quantitative estimate of drug-likeness (QED) is 0.0126. The second-order valence-corrected chi connectivity index (χ2v) is 26.8. The molecule has 10 aromatic carbocycles. The Morgan fingerprint density at radius 2 is 0.612 bits per heavy atom. The molecule has 5 N–H and O–H groups in total. The Balaban J connectivity index is 0.000000184. The zero-order chi connectivity index (χ0) is 82.3. The number of hydrogen-bond donors (Lipinski definition) is 5. The van der Waals surface area contributed by atoms with E-state index in [-0.39, 0.29) is 57.2 Å². The highest BCUT2D eigenvalue weighted by Crippen LogP contribution is 2.47. The number of carbonyl (C=O) groups is 9. The molecular formula is C93H91N5O18. The normalized spacial score (nSPS) is 12.5. The number of fused-ring (bicyclic) bond motifs is 9. The average molecular weight is 1570 g/mol. The van der Waals surface area contributed by atoms with Crippen LogP contribution in [-0.2, 0) is 66.8 Å². The van der Waals surface area contributed by atoms with E-state index in [9.17, 15) is 48.3 Å². The van der Waals surface area contributed by atoms with Crippen LogP contribution in [0.5, 0.6) is 0 Å². The smallest absolute Gasteiger partial charge is 0.407 e. The number of carbonyl (C=O) groups excluding carboxylic acids is 8. The number of benzene rings is 10. The fourth-order valence-corrected chi connectivity index (χ4v) is 13.7. The summed E-state index contributed by atoms with van der Waals surface area (Å²) in [5.41, 5.74) is 15.9. The molecule has 0 bridgehead atoms. The van der Waals surface area contributed by atoms with Crippen molar-refractivity contribution in [1.29, 1.82) is 0 Å². The van der Waals surface area contributed by atoms with Crippen LogP contribution in [0, 0.1) is 0 Å². The number of ether oxygens (including phenoxy) is 7. The number of carboxylic acids is 1. The molecule has 0 spiro atoms. The van der Waals surface area contributed by atoms with E-state index in [1.54, 1.807) is 0 Å². The van der Waals surface area contributed by atoms with Gasteiger partial charge in [-0.3, -0.25) is 19.2 Å². The minimum Gasteiger partial charge on any atom is -0.480 e. The van der Waals surface area contributed by atoms with Gasteiger partial charge in [0.2, 0.25) is 5.91 Å². The van der Waals surface area contributed by atoms with Crippen LogP contribution in [0.25, 0.3) is 33.4 Å². The van der Waals surface area contributed by atoms with Crippen LogP contribution in [0.3, 0.4) is 0 Å². The van der Waals surface area contributed by atoms with Crippen molar-refractivity contribution in [3.05, 3.63) is 348 Å². The molecule has 3 aliphatic carbocycles. The number of esters is 4. The highest BCUT2D eigenvalue weighted by Gasteiger charge is 2.37. The van der Waals surface area contributed by atoms with Gasteiger partial charge in [-0.1, -0.05) is 292 Å². The number of amides is 4. The molecule has 0 fully saturated rings. The second kappa shape index (κ2) is 42.8. The van der Waals surface area contributed by atoms with Crippen molar-refractivity contribution < 1.29 is 86.3 Å². The van der Waals surface area contributed by atoms with Gasteiger partial charge >= 0.3 is 48.1 Å². The van der Waals surface area contributed by atoms with Crippen molar-refractivity contribution in [2.45, 2.75) is 67.3 Å². The summed E-state index contributed by atoms with van der Waals surface area (Å²) in [5.74, 6) is -5.35. The Labute approximate surface area is 673 Å². The molecule has 0 radical (unpaired) electrons. The van der Waals surface area contributed by atoms with Crippen LogP contribution in [-0.4, -0.2) is 144 Å². The summed E-state index contributed by atoms with van der Waals surface area (Å²) in [7, 11) is 6.51. The second-order valence-electron chi connectivity index (χ2n) is 26.8. The van der Waals surface area contributed by atoms with E-state index < -0.39 is 97.2 Å². The van der Waals surface area contributed by atoms with Crippen LogP contribution in [0.1, 0.15) is 105 Å². The molecule has 4 amide bonds. The van der Waals surface area contributed by atoms with Crippen molar-refractivity contribution >= 4 is 54.0 Å². The summed E-state index contributed by atoms with van der Waals surface area (Å²) >= 11 is 0. The summed E-state index contributed by atoms with van der Waals surface area (Å²) in [6.45, 7) is 7.05. The van der Waals surface area contributed by atoms with Crippen molar-refractivity contribution in [1.82, 2.24) is 26.3 Å². The molecule has 3 unspecified atom stereocenters. The molecule has 3 aliphatic rings. The lowest BCUT2D eigenvalue weighted by molar-refractivity contribution is -0.171. The highest BCUT2D eigenvalue weighted by atomic mass is 16.7. The van der Waals surface area contributed by atoms with Gasteiger partial charge in [-0.15, -0.1) is 0 Å². The molecule has 3 atom stereocenters. The third kappa shape index (κ3) is 22.5. The zero-order valence-electron chi connectivity index (χ0n) is 64.6. The lowest BCUT2D eigenvalue weighted by atomic mass is 9.98. The maximum absolute atomic E-state index is 13.6. The molecule has 23 nitrogen and oxygen atoms in total.